The minimum absolute atomic E-state index is 0.00191. The fourth-order valence-electron chi connectivity index (χ4n) is 3.45. The van der Waals surface area contributed by atoms with Crippen LogP contribution in [0, 0.1) is 11.3 Å². The summed E-state index contributed by atoms with van der Waals surface area (Å²) in [4.78, 5) is 11.9. The lowest BCUT2D eigenvalue weighted by Crippen LogP contribution is -2.46. The lowest BCUT2D eigenvalue weighted by molar-refractivity contribution is -0.150. The first-order valence-electron chi connectivity index (χ1n) is 10.8. The van der Waals surface area contributed by atoms with E-state index in [1.165, 1.54) is 0 Å². The Labute approximate surface area is 174 Å². The van der Waals surface area contributed by atoms with E-state index in [4.69, 9.17) is 9.16 Å². The molecule has 0 amide bonds. The monoisotopic (exact) mass is 412 g/mol. The second-order valence-corrected chi connectivity index (χ2v) is 15.9. The van der Waals surface area contributed by atoms with Gasteiger partial charge in [-0.2, -0.15) is 0 Å². The molecule has 164 valence electrons. The summed E-state index contributed by atoms with van der Waals surface area (Å²) in [6, 6.07) is 0. The van der Waals surface area contributed by atoms with Crippen molar-refractivity contribution in [2.75, 3.05) is 6.61 Å². The molecule has 0 spiro atoms. The highest BCUT2D eigenvalue weighted by Gasteiger charge is 2.41. The third-order valence-electron chi connectivity index (χ3n) is 6.28. The number of allylic oxidation sites excluding steroid dienone is 1. The summed E-state index contributed by atoms with van der Waals surface area (Å²) in [6.45, 7) is 20.2. The van der Waals surface area contributed by atoms with Crippen LogP contribution in [0.25, 0.3) is 0 Å². The number of hydrogen-bond acceptors (Lipinski definition) is 4. The first-order chi connectivity index (χ1) is 12.6. The molecule has 3 atom stereocenters. The Morgan fingerprint density at radius 2 is 1.86 bits per heavy atom. The zero-order chi connectivity index (χ0) is 21.8. The largest absolute Gasteiger partial charge is 0.466 e. The van der Waals surface area contributed by atoms with Gasteiger partial charge in [-0.05, 0) is 62.1 Å². The predicted molar refractivity (Wildman–Crippen MR) is 119 cm³/mol. The molecule has 0 aromatic heterocycles. The highest BCUT2D eigenvalue weighted by atomic mass is 28.4. The standard InChI is InChI=1S/C23H44O4Si/c1-10-26-20(24)17-23(25)15-11-12-18(16-23)13-14-19(21(2,3)4)27-28(8,9)22(5,6)7/h13-14,18-19,25H,10-12,15-17H2,1-9H3. The summed E-state index contributed by atoms with van der Waals surface area (Å²) < 4.78 is 11.8. The molecule has 0 radical (unpaired) electrons. The van der Waals surface area contributed by atoms with Crippen molar-refractivity contribution in [2.24, 2.45) is 11.3 Å². The molecule has 0 aromatic rings. The summed E-state index contributed by atoms with van der Waals surface area (Å²) in [5.74, 6) is -0.0375. The minimum atomic E-state index is -1.89. The van der Waals surface area contributed by atoms with Gasteiger partial charge < -0.3 is 14.3 Å². The molecule has 0 heterocycles. The van der Waals surface area contributed by atoms with Crippen LogP contribution in [-0.2, 0) is 14.0 Å². The first-order valence-corrected chi connectivity index (χ1v) is 13.7. The number of hydrogen-bond donors (Lipinski definition) is 1. The van der Waals surface area contributed by atoms with Gasteiger partial charge in [0.2, 0.25) is 0 Å². The highest BCUT2D eigenvalue weighted by Crippen LogP contribution is 2.41. The molecule has 0 bridgehead atoms. The van der Waals surface area contributed by atoms with Gasteiger partial charge in [-0.15, -0.1) is 0 Å². The molecule has 0 aromatic carbocycles. The summed E-state index contributed by atoms with van der Waals surface area (Å²) in [7, 11) is -1.89. The lowest BCUT2D eigenvalue weighted by atomic mass is 9.76. The third kappa shape index (κ3) is 7.64. The number of carbonyl (C=O) groups excluding carboxylic acids is 1. The van der Waals surface area contributed by atoms with Crippen LogP contribution >= 0.6 is 0 Å². The van der Waals surface area contributed by atoms with Crippen LogP contribution in [0.1, 0.15) is 80.6 Å². The Morgan fingerprint density at radius 3 is 2.36 bits per heavy atom. The average molecular weight is 413 g/mol. The van der Waals surface area contributed by atoms with Gasteiger partial charge in [0.1, 0.15) is 0 Å². The molecule has 1 aliphatic rings. The number of esters is 1. The van der Waals surface area contributed by atoms with Gasteiger partial charge in [-0.1, -0.05) is 53.7 Å². The van der Waals surface area contributed by atoms with Gasteiger partial charge in [-0.3, -0.25) is 4.79 Å². The number of aliphatic hydroxyl groups is 1. The van der Waals surface area contributed by atoms with Crippen LogP contribution in [0.15, 0.2) is 12.2 Å². The Bertz CT molecular complexity index is 542. The molecule has 0 aliphatic heterocycles. The maximum Gasteiger partial charge on any atom is 0.308 e. The number of ether oxygens (including phenoxy) is 1. The molecular formula is C23H44O4Si. The minimum Gasteiger partial charge on any atom is -0.466 e. The second kappa shape index (κ2) is 9.44. The van der Waals surface area contributed by atoms with Crippen molar-refractivity contribution in [1.29, 1.82) is 0 Å². The lowest BCUT2D eigenvalue weighted by Gasteiger charge is -2.42. The highest BCUT2D eigenvalue weighted by molar-refractivity contribution is 6.74. The molecular weight excluding hydrogens is 368 g/mol. The van der Waals surface area contributed by atoms with Crippen LogP contribution in [0.3, 0.4) is 0 Å². The predicted octanol–water partition coefficient (Wildman–Crippen LogP) is 5.85. The van der Waals surface area contributed by atoms with Crippen LogP contribution in [0.5, 0.6) is 0 Å². The Hall–Kier alpha value is -0.653. The molecule has 28 heavy (non-hydrogen) atoms. The van der Waals surface area contributed by atoms with Crippen molar-refractivity contribution in [3.63, 3.8) is 0 Å². The maximum atomic E-state index is 11.9. The molecule has 4 nitrogen and oxygen atoms in total. The fraction of sp³-hybridized carbons (Fsp3) is 0.870. The van der Waals surface area contributed by atoms with Gasteiger partial charge in [0, 0.05) is 0 Å². The van der Waals surface area contributed by atoms with E-state index in [9.17, 15) is 9.90 Å². The molecule has 1 fully saturated rings. The normalized spacial score (nSPS) is 25.7. The molecule has 1 saturated carbocycles. The van der Waals surface area contributed by atoms with E-state index in [1.807, 2.05) is 0 Å². The van der Waals surface area contributed by atoms with Crippen LogP contribution in [-0.4, -0.2) is 37.7 Å². The van der Waals surface area contributed by atoms with Crippen molar-refractivity contribution in [2.45, 2.75) is 110 Å². The quantitative estimate of drug-likeness (QED) is 0.323. The molecule has 1 rings (SSSR count). The van der Waals surface area contributed by atoms with Gasteiger partial charge in [0.15, 0.2) is 8.32 Å². The van der Waals surface area contributed by atoms with E-state index in [0.717, 1.165) is 12.8 Å². The van der Waals surface area contributed by atoms with E-state index in [0.29, 0.717) is 19.4 Å². The molecule has 1 aliphatic carbocycles. The number of rotatable bonds is 7. The smallest absolute Gasteiger partial charge is 0.308 e. The van der Waals surface area contributed by atoms with E-state index >= 15 is 0 Å². The van der Waals surface area contributed by atoms with Crippen LogP contribution in [0.2, 0.25) is 18.1 Å². The summed E-state index contributed by atoms with van der Waals surface area (Å²) in [5, 5.41) is 11.1. The van der Waals surface area contributed by atoms with Crippen molar-refractivity contribution in [3.05, 3.63) is 12.2 Å². The zero-order valence-corrected chi connectivity index (χ0v) is 20.7. The zero-order valence-electron chi connectivity index (χ0n) is 19.7. The van der Waals surface area contributed by atoms with E-state index in [1.54, 1.807) is 6.92 Å². The van der Waals surface area contributed by atoms with Gasteiger partial charge in [-0.25, -0.2) is 0 Å². The third-order valence-corrected chi connectivity index (χ3v) is 10.7. The summed E-state index contributed by atoms with van der Waals surface area (Å²) >= 11 is 0. The van der Waals surface area contributed by atoms with Crippen molar-refractivity contribution in [3.8, 4) is 0 Å². The SMILES string of the molecule is CCOC(=O)CC1(O)CCCC(C=CC(O[Si](C)(C)C(C)(C)C)C(C)(C)C)C1. The fourth-order valence-corrected chi connectivity index (χ4v) is 4.87. The molecule has 5 heteroatoms. The number of carbonyl (C=O) groups is 1. The Balaban J connectivity index is 2.87. The second-order valence-electron chi connectivity index (χ2n) is 11.1. The van der Waals surface area contributed by atoms with E-state index in [-0.39, 0.29) is 34.9 Å². The van der Waals surface area contributed by atoms with Crippen molar-refractivity contribution >= 4 is 14.3 Å². The molecule has 0 saturated heterocycles. The summed E-state index contributed by atoms with van der Waals surface area (Å²) in [6.07, 6.45) is 7.80. The summed E-state index contributed by atoms with van der Waals surface area (Å²) in [5.41, 5.74) is -0.945. The average Bonchev–Trinajstić information content (AvgIpc) is 2.48. The Morgan fingerprint density at radius 1 is 1.25 bits per heavy atom. The van der Waals surface area contributed by atoms with Gasteiger partial charge in [0.25, 0.3) is 0 Å². The Kier molecular flexibility index (Phi) is 8.56. The van der Waals surface area contributed by atoms with Crippen LogP contribution in [0.4, 0.5) is 0 Å². The van der Waals surface area contributed by atoms with E-state index < -0.39 is 13.9 Å². The first kappa shape index (κ1) is 25.4. The van der Waals surface area contributed by atoms with Crippen molar-refractivity contribution in [1.82, 2.24) is 0 Å². The topological polar surface area (TPSA) is 55.8 Å². The maximum absolute atomic E-state index is 11.9. The molecule has 3 unspecified atom stereocenters. The van der Waals surface area contributed by atoms with E-state index in [2.05, 4.69) is 66.8 Å². The van der Waals surface area contributed by atoms with Gasteiger partial charge >= 0.3 is 5.97 Å². The molecule has 1 N–H and O–H groups in total. The van der Waals surface area contributed by atoms with Gasteiger partial charge in [0.05, 0.1) is 24.7 Å². The van der Waals surface area contributed by atoms with Crippen LogP contribution < -0.4 is 0 Å². The van der Waals surface area contributed by atoms with Crippen molar-refractivity contribution < 1.29 is 19.1 Å².